The Morgan fingerprint density at radius 3 is 0.778 bits per heavy atom. The first-order chi connectivity index (χ1) is 21.5. The molecule has 0 saturated carbocycles. The molecule has 0 aliphatic rings. The summed E-state index contributed by atoms with van der Waals surface area (Å²) in [4.78, 5) is 20.5. The molecule has 0 aromatic heterocycles. The molecule has 5 heteroatoms. The number of carboxylic acid groups (broad SMARTS) is 2. The standard InChI is InChI=1S/2C20H38O2.Co/c2*1-2-3-4-5-6-7-8-9-10-11-12-13-14-15-16-17-18-19-20(21)22;/h2*9-10H,2-8,11-19H2,1H3,(H,21,22);/q;;+2/p-2/b2*10-9-;. The van der Waals surface area contributed by atoms with E-state index in [0.717, 1.165) is 25.7 Å². The quantitative estimate of drug-likeness (QED) is 0.0501. The molecule has 45 heavy (non-hydrogen) atoms. The predicted octanol–water partition coefficient (Wildman–Crippen LogP) is 11.1. The third-order valence-corrected chi connectivity index (χ3v) is 8.29. The Morgan fingerprint density at radius 2 is 0.556 bits per heavy atom. The minimum Gasteiger partial charge on any atom is -0.550 e. The van der Waals surface area contributed by atoms with E-state index >= 15 is 0 Å². The number of carbonyl (C=O) groups is 2. The summed E-state index contributed by atoms with van der Waals surface area (Å²) in [6.45, 7) is 4.53. The summed E-state index contributed by atoms with van der Waals surface area (Å²) >= 11 is 0. The van der Waals surface area contributed by atoms with Crippen LogP contribution in [0, 0.1) is 0 Å². The predicted molar refractivity (Wildman–Crippen MR) is 187 cm³/mol. The van der Waals surface area contributed by atoms with Gasteiger partial charge in [0, 0.05) is 11.9 Å². The van der Waals surface area contributed by atoms with Gasteiger partial charge >= 0.3 is 16.8 Å². The van der Waals surface area contributed by atoms with Crippen LogP contribution >= 0.6 is 0 Å². The molecule has 0 fully saturated rings. The number of rotatable bonds is 34. The average Bonchev–Trinajstić information content (AvgIpc) is 3.00. The van der Waals surface area contributed by atoms with Crippen LogP contribution in [0.4, 0.5) is 0 Å². The summed E-state index contributed by atoms with van der Waals surface area (Å²) in [5.74, 6) is -1.82. The SMILES string of the molecule is CCCCCCCC/C=C\CCCCCCCCCC(=O)[O-].CCCCCCCC/C=C\CCCCCCCCCC(=O)[O-].[Co+2]. The molecule has 0 unspecified atom stereocenters. The van der Waals surface area contributed by atoms with E-state index in [-0.39, 0.29) is 29.6 Å². The maximum atomic E-state index is 10.2. The van der Waals surface area contributed by atoms with Crippen molar-refractivity contribution in [3.63, 3.8) is 0 Å². The van der Waals surface area contributed by atoms with Gasteiger partial charge in [0.25, 0.3) is 0 Å². The molecular formula is C40H74CoO4. The van der Waals surface area contributed by atoms with E-state index in [0.29, 0.717) is 0 Å². The van der Waals surface area contributed by atoms with Crippen LogP contribution < -0.4 is 10.2 Å². The molecule has 0 atom stereocenters. The molecule has 0 N–H and O–H groups in total. The first kappa shape index (κ1) is 48.3. The summed E-state index contributed by atoms with van der Waals surface area (Å²) in [5.41, 5.74) is 0. The van der Waals surface area contributed by atoms with Crippen LogP contribution in [0.3, 0.4) is 0 Å². The average molecular weight is 678 g/mol. The third-order valence-electron chi connectivity index (χ3n) is 8.29. The van der Waals surface area contributed by atoms with Gasteiger partial charge in [-0.3, -0.25) is 0 Å². The molecule has 0 aromatic carbocycles. The minimum absolute atomic E-state index is 0. The molecule has 0 aliphatic heterocycles. The van der Waals surface area contributed by atoms with Crippen molar-refractivity contribution in [1.82, 2.24) is 0 Å². The van der Waals surface area contributed by atoms with Crippen molar-refractivity contribution in [2.75, 3.05) is 0 Å². The van der Waals surface area contributed by atoms with Crippen molar-refractivity contribution in [2.45, 2.75) is 219 Å². The fraction of sp³-hybridized carbons (Fsp3) is 0.850. The zero-order valence-electron chi connectivity index (χ0n) is 29.9. The van der Waals surface area contributed by atoms with Crippen LogP contribution in [0.15, 0.2) is 24.3 Å². The number of hydrogen-bond donors (Lipinski definition) is 0. The third kappa shape index (κ3) is 52.7. The van der Waals surface area contributed by atoms with Crippen molar-refractivity contribution in [2.24, 2.45) is 0 Å². The van der Waals surface area contributed by atoms with E-state index in [1.807, 2.05) is 0 Å². The number of aliphatic carboxylic acids is 2. The smallest absolute Gasteiger partial charge is 0.550 e. The zero-order chi connectivity index (χ0) is 32.6. The molecular weight excluding hydrogens is 603 g/mol. The molecule has 0 aromatic rings. The molecule has 267 valence electrons. The topological polar surface area (TPSA) is 80.3 Å². The van der Waals surface area contributed by atoms with E-state index in [4.69, 9.17) is 0 Å². The van der Waals surface area contributed by atoms with Crippen LogP contribution in [0.2, 0.25) is 0 Å². The van der Waals surface area contributed by atoms with E-state index < -0.39 is 11.9 Å². The summed E-state index contributed by atoms with van der Waals surface area (Å²) in [7, 11) is 0. The van der Waals surface area contributed by atoms with Gasteiger partial charge in [-0.15, -0.1) is 0 Å². The Balaban J connectivity index is -0.000000767. The van der Waals surface area contributed by atoms with Crippen LogP contribution in [0.5, 0.6) is 0 Å². The molecule has 0 rings (SSSR count). The second kappa shape index (κ2) is 45.0. The second-order valence-corrected chi connectivity index (χ2v) is 12.8. The molecule has 4 nitrogen and oxygen atoms in total. The van der Waals surface area contributed by atoms with Gasteiger partial charge in [-0.1, -0.05) is 167 Å². The van der Waals surface area contributed by atoms with Crippen LogP contribution in [0.25, 0.3) is 0 Å². The molecule has 0 heterocycles. The van der Waals surface area contributed by atoms with E-state index in [9.17, 15) is 19.8 Å². The monoisotopic (exact) mass is 677 g/mol. The maximum absolute atomic E-state index is 10.2. The van der Waals surface area contributed by atoms with Gasteiger partial charge in [0.1, 0.15) is 0 Å². The van der Waals surface area contributed by atoms with Gasteiger partial charge in [0.15, 0.2) is 0 Å². The number of unbranched alkanes of at least 4 members (excludes halogenated alkanes) is 26. The van der Waals surface area contributed by atoms with Crippen LogP contribution in [0.1, 0.15) is 219 Å². The number of allylic oxidation sites excluding steroid dienone is 4. The Bertz CT molecular complexity index is 578. The first-order valence-corrected chi connectivity index (χ1v) is 19.2. The van der Waals surface area contributed by atoms with Gasteiger partial charge in [0.05, 0.1) is 0 Å². The van der Waals surface area contributed by atoms with Crippen LogP contribution in [-0.4, -0.2) is 11.9 Å². The molecule has 0 saturated heterocycles. The summed E-state index contributed by atoms with van der Waals surface area (Å²) < 4.78 is 0. The summed E-state index contributed by atoms with van der Waals surface area (Å²) in [5, 5.41) is 20.5. The Hall–Kier alpha value is -1.07. The fourth-order valence-electron chi connectivity index (χ4n) is 5.39. The van der Waals surface area contributed by atoms with Crippen molar-refractivity contribution in [3.8, 4) is 0 Å². The summed E-state index contributed by atoms with van der Waals surface area (Å²) in [6.07, 6.45) is 47.7. The number of hydrogen-bond acceptors (Lipinski definition) is 4. The second-order valence-electron chi connectivity index (χ2n) is 12.8. The Labute approximate surface area is 291 Å². The van der Waals surface area contributed by atoms with Gasteiger partial charge in [-0.2, -0.15) is 0 Å². The largest absolute Gasteiger partial charge is 2.00 e. The van der Waals surface area contributed by atoms with Gasteiger partial charge in [0.2, 0.25) is 0 Å². The maximum Gasteiger partial charge on any atom is 2.00 e. The Morgan fingerprint density at radius 1 is 0.356 bits per heavy atom. The van der Waals surface area contributed by atoms with E-state index in [1.165, 1.54) is 167 Å². The van der Waals surface area contributed by atoms with E-state index in [1.54, 1.807) is 0 Å². The molecule has 1 radical (unpaired) electrons. The Kier molecular flexibility index (Phi) is 48.4. The number of carbonyl (C=O) groups excluding carboxylic acids is 2. The van der Waals surface area contributed by atoms with Crippen molar-refractivity contribution in [1.29, 1.82) is 0 Å². The van der Waals surface area contributed by atoms with Crippen molar-refractivity contribution < 1.29 is 36.6 Å². The van der Waals surface area contributed by atoms with Crippen molar-refractivity contribution in [3.05, 3.63) is 24.3 Å². The summed E-state index contributed by atoms with van der Waals surface area (Å²) in [6, 6.07) is 0. The minimum atomic E-state index is -0.909. The van der Waals surface area contributed by atoms with E-state index in [2.05, 4.69) is 38.2 Å². The molecule has 0 amide bonds. The first-order valence-electron chi connectivity index (χ1n) is 19.2. The zero-order valence-corrected chi connectivity index (χ0v) is 30.9. The van der Waals surface area contributed by atoms with Gasteiger partial charge < -0.3 is 19.8 Å². The molecule has 0 spiro atoms. The fourth-order valence-corrected chi connectivity index (χ4v) is 5.39. The van der Waals surface area contributed by atoms with Crippen LogP contribution in [-0.2, 0) is 26.4 Å². The van der Waals surface area contributed by atoms with Gasteiger partial charge in [-0.05, 0) is 77.0 Å². The normalized spacial score (nSPS) is 11.1. The molecule has 0 bridgehead atoms. The van der Waals surface area contributed by atoms with Crippen molar-refractivity contribution >= 4 is 11.9 Å². The van der Waals surface area contributed by atoms with Gasteiger partial charge in [-0.25, -0.2) is 0 Å². The number of carboxylic acids is 2. The molecule has 0 aliphatic carbocycles.